The third kappa shape index (κ3) is 1.61. The number of nitrogens with one attached hydrogen (secondary N) is 1. The van der Waals surface area contributed by atoms with Crippen LogP contribution in [0.15, 0.2) is 12.5 Å². The number of rotatable bonds is 0. The fourth-order valence-corrected chi connectivity index (χ4v) is 2.24. The Balaban J connectivity index is 2.04. The van der Waals surface area contributed by atoms with Gasteiger partial charge in [-0.25, -0.2) is 0 Å². The maximum absolute atomic E-state index is 5.79. The van der Waals surface area contributed by atoms with Gasteiger partial charge in [0.15, 0.2) is 5.88 Å². The molecule has 0 aromatic rings. The molecule has 1 unspecified atom stereocenters. The SMILES string of the molecule is C=C1NCC2(CCN(C(C)(C)C)C2)O1. The van der Waals surface area contributed by atoms with Gasteiger partial charge < -0.3 is 10.1 Å². The van der Waals surface area contributed by atoms with E-state index >= 15 is 0 Å². The van der Waals surface area contributed by atoms with Crippen LogP contribution in [0.4, 0.5) is 0 Å². The third-order valence-electron chi connectivity index (χ3n) is 3.21. The summed E-state index contributed by atoms with van der Waals surface area (Å²) >= 11 is 0. The van der Waals surface area contributed by atoms with Gasteiger partial charge in [0.25, 0.3) is 0 Å². The van der Waals surface area contributed by atoms with E-state index in [9.17, 15) is 0 Å². The molecule has 2 fully saturated rings. The van der Waals surface area contributed by atoms with Crippen molar-refractivity contribution in [2.75, 3.05) is 19.6 Å². The van der Waals surface area contributed by atoms with E-state index in [1.54, 1.807) is 0 Å². The molecule has 1 N–H and O–H groups in total. The van der Waals surface area contributed by atoms with Crippen LogP contribution < -0.4 is 5.32 Å². The van der Waals surface area contributed by atoms with Crippen molar-refractivity contribution in [1.82, 2.24) is 10.2 Å². The van der Waals surface area contributed by atoms with Crippen LogP contribution in [0.1, 0.15) is 27.2 Å². The molecule has 0 aromatic heterocycles. The predicted molar refractivity (Wildman–Crippen MR) is 56.9 cm³/mol. The number of hydrogen-bond acceptors (Lipinski definition) is 3. The van der Waals surface area contributed by atoms with E-state index in [1.165, 1.54) is 0 Å². The van der Waals surface area contributed by atoms with Crippen LogP contribution in [0.25, 0.3) is 0 Å². The Bertz CT molecular complexity index is 257. The van der Waals surface area contributed by atoms with Gasteiger partial charge in [0.05, 0.1) is 6.54 Å². The first-order valence-electron chi connectivity index (χ1n) is 5.28. The second-order valence-electron chi connectivity index (χ2n) is 5.40. The molecule has 1 atom stereocenters. The van der Waals surface area contributed by atoms with Gasteiger partial charge in [0, 0.05) is 25.0 Å². The van der Waals surface area contributed by atoms with Crippen molar-refractivity contribution in [3.63, 3.8) is 0 Å². The van der Waals surface area contributed by atoms with Crippen molar-refractivity contribution in [3.8, 4) is 0 Å². The van der Waals surface area contributed by atoms with Gasteiger partial charge in [0.2, 0.25) is 0 Å². The Kier molecular flexibility index (Phi) is 2.03. The van der Waals surface area contributed by atoms with Gasteiger partial charge in [0.1, 0.15) is 5.60 Å². The van der Waals surface area contributed by atoms with Gasteiger partial charge >= 0.3 is 0 Å². The first-order chi connectivity index (χ1) is 6.41. The van der Waals surface area contributed by atoms with Crippen LogP contribution >= 0.6 is 0 Å². The summed E-state index contributed by atoms with van der Waals surface area (Å²) in [5, 5.41) is 3.18. The minimum Gasteiger partial charge on any atom is -0.470 e. The van der Waals surface area contributed by atoms with E-state index < -0.39 is 0 Å². The topological polar surface area (TPSA) is 24.5 Å². The third-order valence-corrected chi connectivity index (χ3v) is 3.21. The molecule has 14 heavy (non-hydrogen) atoms. The van der Waals surface area contributed by atoms with E-state index in [0.717, 1.165) is 31.9 Å². The summed E-state index contributed by atoms with van der Waals surface area (Å²) in [6, 6.07) is 0. The second-order valence-corrected chi connectivity index (χ2v) is 5.40. The summed E-state index contributed by atoms with van der Waals surface area (Å²) in [6.45, 7) is 13.6. The van der Waals surface area contributed by atoms with Gasteiger partial charge in [-0.15, -0.1) is 0 Å². The Labute approximate surface area is 86.1 Å². The number of ether oxygens (including phenoxy) is 1. The Morgan fingerprint density at radius 3 is 2.64 bits per heavy atom. The highest BCUT2D eigenvalue weighted by Crippen LogP contribution is 2.33. The lowest BCUT2D eigenvalue weighted by atomic mass is 10.0. The standard InChI is InChI=1S/C11H20N2O/c1-9-12-7-11(14-9)5-6-13(8-11)10(2,3)4/h12H,1,5-8H2,2-4H3. The molecule has 80 valence electrons. The minimum absolute atomic E-state index is 0.00433. The van der Waals surface area contributed by atoms with Crippen LogP contribution in [-0.2, 0) is 4.74 Å². The zero-order chi connectivity index (χ0) is 10.4. The fraction of sp³-hybridized carbons (Fsp3) is 0.818. The van der Waals surface area contributed by atoms with E-state index in [0.29, 0.717) is 0 Å². The number of hydrogen-bond donors (Lipinski definition) is 1. The molecule has 0 aromatic carbocycles. The molecule has 2 saturated heterocycles. The van der Waals surface area contributed by atoms with E-state index in [1.807, 2.05) is 0 Å². The second kappa shape index (κ2) is 2.89. The highest BCUT2D eigenvalue weighted by molar-refractivity contribution is 5.06. The minimum atomic E-state index is 0.00433. The van der Waals surface area contributed by atoms with Crippen molar-refractivity contribution in [2.45, 2.75) is 38.3 Å². The van der Waals surface area contributed by atoms with Crippen molar-refractivity contribution in [2.24, 2.45) is 0 Å². The fourth-order valence-electron chi connectivity index (χ4n) is 2.24. The van der Waals surface area contributed by atoms with Gasteiger partial charge in [-0.05, 0) is 27.4 Å². The molecule has 0 aliphatic carbocycles. The zero-order valence-corrected chi connectivity index (χ0v) is 9.39. The summed E-state index contributed by atoms with van der Waals surface area (Å²) in [6.07, 6.45) is 1.11. The van der Waals surface area contributed by atoms with Crippen molar-refractivity contribution in [3.05, 3.63) is 12.5 Å². The highest BCUT2D eigenvalue weighted by atomic mass is 16.5. The van der Waals surface area contributed by atoms with Crippen LogP contribution in [0.2, 0.25) is 0 Å². The molecule has 0 bridgehead atoms. The lowest BCUT2D eigenvalue weighted by Crippen LogP contribution is -2.44. The van der Waals surface area contributed by atoms with Crippen LogP contribution in [-0.4, -0.2) is 35.7 Å². The van der Waals surface area contributed by atoms with Gasteiger partial charge in [-0.3, -0.25) is 4.90 Å². The summed E-state index contributed by atoms with van der Waals surface area (Å²) in [4.78, 5) is 2.48. The zero-order valence-electron chi connectivity index (χ0n) is 9.39. The smallest absolute Gasteiger partial charge is 0.180 e. The van der Waals surface area contributed by atoms with Crippen LogP contribution in [0, 0.1) is 0 Å². The van der Waals surface area contributed by atoms with Crippen LogP contribution in [0.5, 0.6) is 0 Å². The Hall–Kier alpha value is -0.700. The van der Waals surface area contributed by atoms with Gasteiger partial charge in [-0.1, -0.05) is 0 Å². The van der Waals surface area contributed by atoms with Crippen LogP contribution in [0.3, 0.4) is 0 Å². The quantitative estimate of drug-likeness (QED) is 0.632. The average molecular weight is 196 g/mol. The normalized spacial score (nSPS) is 33.5. The Morgan fingerprint density at radius 1 is 1.50 bits per heavy atom. The van der Waals surface area contributed by atoms with Crippen molar-refractivity contribution in [1.29, 1.82) is 0 Å². The summed E-state index contributed by atoms with van der Waals surface area (Å²) in [5.41, 5.74) is 0.251. The van der Waals surface area contributed by atoms with E-state index in [-0.39, 0.29) is 11.1 Å². The predicted octanol–water partition coefficient (Wildman–Crippen LogP) is 1.32. The molecule has 2 heterocycles. The maximum Gasteiger partial charge on any atom is 0.180 e. The molecule has 0 saturated carbocycles. The number of likely N-dealkylation sites (tertiary alicyclic amines) is 1. The number of nitrogens with zero attached hydrogens (tertiary/aromatic N) is 1. The average Bonchev–Trinajstić information content (AvgIpc) is 2.59. The molecule has 0 radical (unpaired) electrons. The maximum atomic E-state index is 5.79. The first kappa shape index (κ1) is 9.84. The first-order valence-corrected chi connectivity index (χ1v) is 5.28. The molecule has 3 nitrogen and oxygen atoms in total. The largest absolute Gasteiger partial charge is 0.470 e. The van der Waals surface area contributed by atoms with Crippen molar-refractivity contribution >= 4 is 0 Å². The van der Waals surface area contributed by atoms with Crippen molar-refractivity contribution < 1.29 is 4.74 Å². The monoisotopic (exact) mass is 196 g/mol. The molecule has 2 rings (SSSR count). The van der Waals surface area contributed by atoms with E-state index in [4.69, 9.17) is 4.74 Å². The molecule has 2 aliphatic heterocycles. The molecule has 1 spiro atoms. The summed E-state index contributed by atoms with van der Waals surface area (Å²) < 4.78 is 5.79. The summed E-state index contributed by atoms with van der Waals surface area (Å²) in [5.74, 6) is 0.737. The lowest BCUT2D eigenvalue weighted by Gasteiger charge is -2.32. The Morgan fingerprint density at radius 2 is 2.21 bits per heavy atom. The summed E-state index contributed by atoms with van der Waals surface area (Å²) in [7, 11) is 0. The molecule has 0 amide bonds. The molecule has 2 aliphatic rings. The van der Waals surface area contributed by atoms with Gasteiger partial charge in [-0.2, -0.15) is 0 Å². The molecular formula is C11H20N2O. The lowest BCUT2D eigenvalue weighted by molar-refractivity contribution is 0.0448. The molecule has 3 heteroatoms. The highest BCUT2D eigenvalue weighted by Gasteiger charge is 2.46. The molecular weight excluding hydrogens is 176 g/mol. The van der Waals surface area contributed by atoms with E-state index in [2.05, 4.69) is 37.6 Å².